The molecule has 2 aromatic carbocycles. The standard InChI is InChI=1S/C19H18N6OS/c1-3-25-16-9-8-13(12-15(16)22-23-25)18(26)21-14-6-4-5-7-17(14)27-19-20-10-11-24(19)2/h4-12H,3H2,1-2H3,(H,21,26). The van der Waals surface area contributed by atoms with Crippen molar-refractivity contribution < 1.29 is 4.79 Å². The number of rotatable bonds is 5. The zero-order valence-electron chi connectivity index (χ0n) is 15.0. The fourth-order valence-corrected chi connectivity index (χ4v) is 3.64. The van der Waals surface area contributed by atoms with Crippen LogP contribution >= 0.6 is 11.8 Å². The van der Waals surface area contributed by atoms with Crippen molar-refractivity contribution in [3.05, 3.63) is 60.4 Å². The molecule has 0 bridgehead atoms. The molecular formula is C19H18N6OS. The molecule has 4 rings (SSSR count). The highest BCUT2D eigenvalue weighted by Crippen LogP contribution is 2.32. The summed E-state index contributed by atoms with van der Waals surface area (Å²) in [5.41, 5.74) is 2.91. The van der Waals surface area contributed by atoms with Gasteiger partial charge in [-0.25, -0.2) is 9.67 Å². The number of fused-ring (bicyclic) bond motifs is 1. The lowest BCUT2D eigenvalue weighted by Gasteiger charge is -2.10. The number of carbonyl (C=O) groups is 1. The molecule has 0 radical (unpaired) electrons. The molecule has 0 atom stereocenters. The van der Waals surface area contributed by atoms with Gasteiger partial charge in [-0.3, -0.25) is 4.79 Å². The van der Waals surface area contributed by atoms with E-state index in [0.717, 1.165) is 27.8 Å². The highest BCUT2D eigenvalue weighted by molar-refractivity contribution is 7.99. The predicted octanol–water partition coefficient (Wildman–Crippen LogP) is 3.59. The average molecular weight is 378 g/mol. The molecule has 0 aliphatic carbocycles. The molecule has 0 aliphatic heterocycles. The van der Waals surface area contributed by atoms with Crippen molar-refractivity contribution in [1.29, 1.82) is 0 Å². The van der Waals surface area contributed by atoms with Crippen molar-refractivity contribution >= 4 is 34.4 Å². The summed E-state index contributed by atoms with van der Waals surface area (Å²) in [6.45, 7) is 2.74. The summed E-state index contributed by atoms with van der Waals surface area (Å²) in [5, 5.41) is 12.1. The van der Waals surface area contributed by atoms with Crippen LogP contribution in [0.2, 0.25) is 0 Å². The van der Waals surface area contributed by atoms with E-state index >= 15 is 0 Å². The summed E-state index contributed by atoms with van der Waals surface area (Å²) in [7, 11) is 1.94. The Kier molecular flexibility index (Phi) is 4.64. The molecule has 4 aromatic rings. The summed E-state index contributed by atoms with van der Waals surface area (Å²) in [5.74, 6) is -0.184. The van der Waals surface area contributed by atoms with Crippen LogP contribution in [0.25, 0.3) is 11.0 Å². The van der Waals surface area contributed by atoms with Crippen molar-refractivity contribution in [2.45, 2.75) is 23.5 Å². The number of aryl methyl sites for hydroxylation is 2. The van der Waals surface area contributed by atoms with Crippen LogP contribution in [0.5, 0.6) is 0 Å². The lowest BCUT2D eigenvalue weighted by Crippen LogP contribution is -2.12. The maximum Gasteiger partial charge on any atom is 0.255 e. The van der Waals surface area contributed by atoms with Crippen LogP contribution in [0, 0.1) is 0 Å². The van der Waals surface area contributed by atoms with Gasteiger partial charge in [0.1, 0.15) is 5.52 Å². The van der Waals surface area contributed by atoms with E-state index in [1.807, 2.05) is 55.1 Å². The number of amides is 1. The van der Waals surface area contributed by atoms with Crippen LogP contribution in [0.15, 0.2) is 64.9 Å². The van der Waals surface area contributed by atoms with Crippen molar-refractivity contribution in [2.24, 2.45) is 7.05 Å². The maximum absolute atomic E-state index is 12.8. The quantitative estimate of drug-likeness (QED) is 0.574. The van der Waals surface area contributed by atoms with Gasteiger partial charge in [-0.2, -0.15) is 0 Å². The third-order valence-electron chi connectivity index (χ3n) is 4.19. The van der Waals surface area contributed by atoms with Crippen LogP contribution in [-0.2, 0) is 13.6 Å². The number of aromatic nitrogens is 5. The average Bonchev–Trinajstić information content (AvgIpc) is 3.28. The van der Waals surface area contributed by atoms with E-state index in [-0.39, 0.29) is 5.91 Å². The second kappa shape index (κ2) is 7.24. The lowest BCUT2D eigenvalue weighted by atomic mass is 10.2. The molecule has 0 aliphatic rings. The Bertz CT molecular complexity index is 1120. The molecule has 7 nitrogen and oxygen atoms in total. The molecule has 2 aromatic heterocycles. The third-order valence-corrected chi connectivity index (χ3v) is 5.34. The number of imidazole rings is 1. The first-order valence-electron chi connectivity index (χ1n) is 8.54. The zero-order valence-corrected chi connectivity index (χ0v) is 15.8. The first-order chi connectivity index (χ1) is 13.2. The normalized spacial score (nSPS) is 11.0. The second-order valence-corrected chi connectivity index (χ2v) is 6.99. The predicted molar refractivity (Wildman–Crippen MR) is 105 cm³/mol. The Balaban J connectivity index is 1.59. The van der Waals surface area contributed by atoms with Crippen LogP contribution < -0.4 is 5.32 Å². The minimum Gasteiger partial charge on any atom is -0.329 e. The molecule has 0 unspecified atom stereocenters. The van der Waals surface area contributed by atoms with Gasteiger partial charge in [0, 0.05) is 36.4 Å². The summed E-state index contributed by atoms with van der Waals surface area (Å²) in [6, 6.07) is 13.1. The summed E-state index contributed by atoms with van der Waals surface area (Å²) in [6.07, 6.45) is 3.64. The molecule has 0 saturated heterocycles. The van der Waals surface area contributed by atoms with Gasteiger partial charge in [-0.15, -0.1) is 5.10 Å². The monoisotopic (exact) mass is 378 g/mol. The number of nitrogens with one attached hydrogen (secondary N) is 1. The van der Waals surface area contributed by atoms with Gasteiger partial charge in [0.2, 0.25) is 0 Å². The van der Waals surface area contributed by atoms with E-state index < -0.39 is 0 Å². The van der Waals surface area contributed by atoms with E-state index in [9.17, 15) is 4.79 Å². The van der Waals surface area contributed by atoms with Crippen LogP contribution in [0.4, 0.5) is 5.69 Å². The Hall–Kier alpha value is -3.13. The van der Waals surface area contributed by atoms with E-state index in [4.69, 9.17) is 0 Å². The molecule has 27 heavy (non-hydrogen) atoms. The Labute approximate surface area is 160 Å². The van der Waals surface area contributed by atoms with E-state index in [0.29, 0.717) is 11.1 Å². The van der Waals surface area contributed by atoms with Gasteiger partial charge >= 0.3 is 0 Å². The highest BCUT2D eigenvalue weighted by atomic mass is 32.2. The van der Waals surface area contributed by atoms with Crippen molar-refractivity contribution in [2.75, 3.05) is 5.32 Å². The molecule has 8 heteroatoms. The molecule has 136 valence electrons. The van der Waals surface area contributed by atoms with Gasteiger partial charge < -0.3 is 9.88 Å². The van der Waals surface area contributed by atoms with Gasteiger partial charge in [0.05, 0.1) is 11.2 Å². The maximum atomic E-state index is 12.8. The Morgan fingerprint density at radius 3 is 2.85 bits per heavy atom. The van der Waals surface area contributed by atoms with E-state index in [2.05, 4.69) is 20.6 Å². The van der Waals surface area contributed by atoms with Crippen molar-refractivity contribution in [3.8, 4) is 0 Å². The molecule has 1 amide bonds. The molecule has 0 saturated carbocycles. The van der Waals surface area contributed by atoms with Gasteiger partial charge in [-0.05, 0) is 49.0 Å². The number of hydrogen-bond acceptors (Lipinski definition) is 5. The number of benzene rings is 2. The van der Waals surface area contributed by atoms with Crippen molar-refractivity contribution in [1.82, 2.24) is 24.5 Å². The SMILES string of the molecule is CCn1nnc2cc(C(=O)Nc3ccccc3Sc3nccn3C)ccc21. The molecule has 0 fully saturated rings. The topological polar surface area (TPSA) is 77.6 Å². The number of anilines is 1. The summed E-state index contributed by atoms with van der Waals surface area (Å²) >= 11 is 1.50. The molecule has 0 spiro atoms. The second-order valence-electron chi connectivity index (χ2n) is 5.98. The van der Waals surface area contributed by atoms with E-state index in [1.54, 1.807) is 23.0 Å². The molecular weight excluding hydrogens is 360 g/mol. The minimum atomic E-state index is -0.184. The fraction of sp³-hybridized carbons (Fsp3) is 0.158. The first kappa shape index (κ1) is 17.3. The Morgan fingerprint density at radius 2 is 2.07 bits per heavy atom. The van der Waals surface area contributed by atoms with Crippen LogP contribution in [0.1, 0.15) is 17.3 Å². The first-order valence-corrected chi connectivity index (χ1v) is 9.36. The van der Waals surface area contributed by atoms with Crippen LogP contribution in [-0.4, -0.2) is 30.5 Å². The fourth-order valence-electron chi connectivity index (χ4n) is 2.75. The summed E-state index contributed by atoms with van der Waals surface area (Å²) in [4.78, 5) is 18.0. The zero-order chi connectivity index (χ0) is 18.8. The number of nitrogens with zero attached hydrogens (tertiary/aromatic N) is 5. The van der Waals surface area contributed by atoms with Crippen LogP contribution in [0.3, 0.4) is 0 Å². The lowest BCUT2D eigenvalue weighted by molar-refractivity contribution is 0.102. The largest absolute Gasteiger partial charge is 0.329 e. The highest BCUT2D eigenvalue weighted by Gasteiger charge is 2.13. The van der Waals surface area contributed by atoms with Gasteiger partial charge in [0.15, 0.2) is 5.16 Å². The number of hydrogen-bond donors (Lipinski definition) is 1. The van der Waals surface area contributed by atoms with Crippen molar-refractivity contribution in [3.63, 3.8) is 0 Å². The Morgan fingerprint density at radius 1 is 1.22 bits per heavy atom. The summed E-state index contributed by atoms with van der Waals surface area (Å²) < 4.78 is 3.74. The number of carbonyl (C=O) groups excluding carboxylic acids is 1. The third kappa shape index (κ3) is 3.43. The van der Waals surface area contributed by atoms with Gasteiger partial charge in [-0.1, -0.05) is 17.3 Å². The smallest absolute Gasteiger partial charge is 0.255 e. The molecule has 2 heterocycles. The van der Waals surface area contributed by atoms with E-state index in [1.165, 1.54) is 11.8 Å². The minimum absolute atomic E-state index is 0.184. The molecule has 1 N–H and O–H groups in total. The van der Waals surface area contributed by atoms with Gasteiger partial charge in [0.25, 0.3) is 5.91 Å². The number of para-hydroxylation sites is 1.